The van der Waals surface area contributed by atoms with E-state index in [4.69, 9.17) is 4.74 Å². The van der Waals surface area contributed by atoms with Gasteiger partial charge in [-0.05, 0) is 36.1 Å². The van der Waals surface area contributed by atoms with Gasteiger partial charge < -0.3 is 9.64 Å². The van der Waals surface area contributed by atoms with Crippen molar-refractivity contribution in [1.82, 2.24) is 4.90 Å². The molecule has 2 aromatic rings. The molecule has 0 aromatic heterocycles. The molecule has 2 aromatic carbocycles. The van der Waals surface area contributed by atoms with Gasteiger partial charge in [0.1, 0.15) is 0 Å². The van der Waals surface area contributed by atoms with E-state index in [1.165, 1.54) is 0 Å². The van der Waals surface area contributed by atoms with Gasteiger partial charge in [-0.2, -0.15) is 0 Å². The SMILES string of the molecule is COCCN(Cc1ccccc1)C(=O)c1ccc(SC)cc1. The zero-order chi connectivity index (χ0) is 15.8. The van der Waals surface area contributed by atoms with Crippen LogP contribution < -0.4 is 0 Å². The largest absolute Gasteiger partial charge is 0.383 e. The number of amides is 1. The third-order valence-electron chi connectivity index (χ3n) is 3.41. The molecule has 0 N–H and O–H groups in total. The summed E-state index contributed by atoms with van der Waals surface area (Å²) in [7, 11) is 1.65. The number of ether oxygens (including phenoxy) is 1. The van der Waals surface area contributed by atoms with Gasteiger partial charge in [-0.3, -0.25) is 4.79 Å². The number of carbonyl (C=O) groups is 1. The van der Waals surface area contributed by atoms with Gasteiger partial charge in [0.15, 0.2) is 0 Å². The van der Waals surface area contributed by atoms with Crippen LogP contribution in [-0.2, 0) is 11.3 Å². The highest BCUT2D eigenvalue weighted by atomic mass is 32.2. The normalized spacial score (nSPS) is 10.5. The molecule has 0 fully saturated rings. The highest BCUT2D eigenvalue weighted by Crippen LogP contribution is 2.16. The van der Waals surface area contributed by atoms with E-state index in [0.717, 1.165) is 10.5 Å². The summed E-state index contributed by atoms with van der Waals surface area (Å²) in [5.41, 5.74) is 1.83. The maximum Gasteiger partial charge on any atom is 0.254 e. The maximum atomic E-state index is 12.7. The van der Waals surface area contributed by atoms with Crippen molar-refractivity contribution >= 4 is 17.7 Å². The van der Waals surface area contributed by atoms with Crippen LogP contribution in [0.4, 0.5) is 0 Å². The van der Waals surface area contributed by atoms with Crippen LogP contribution in [0.5, 0.6) is 0 Å². The Balaban J connectivity index is 2.14. The average molecular weight is 315 g/mol. The van der Waals surface area contributed by atoms with Gasteiger partial charge in [-0.25, -0.2) is 0 Å². The van der Waals surface area contributed by atoms with E-state index in [1.54, 1.807) is 18.9 Å². The second-order valence-corrected chi connectivity index (χ2v) is 5.81. The third kappa shape index (κ3) is 4.61. The average Bonchev–Trinajstić information content (AvgIpc) is 2.59. The molecule has 4 heteroatoms. The van der Waals surface area contributed by atoms with Crippen molar-refractivity contribution in [2.75, 3.05) is 26.5 Å². The molecule has 0 heterocycles. The first-order chi connectivity index (χ1) is 10.7. The minimum Gasteiger partial charge on any atom is -0.383 e. The number of thioether (sulfide) groups is 1. The summed E-state index contributed by atoms with van der Waals surface area (Å²) >= 11 is 1.67. The van der Waals surface area contributed by atoms with Crippen LogP contribution in [0.1, 0.15) is 15.9 Å². The fraction of sp³-hybridized carbons (Fsp3) is 0.278. The molecule has 0 unspecified atom stereocenters. The van der Waals surface area contributed by atoms with E-state index >= 15 is 0 Å². The molecule has 0 radical (unpaired) electrons. The summed E-state index contributed by atoms with van der Waals surface area (Å²) in [6.45, 7) is 1.70. The van der Waals surface area contributed by atoms with Crippen LogP contribution >= 0.6 is 11.8 Å². The number of hydrogen-bond donors (Lipinski definition) is 0. The molecule has 0 saturated carbocycles. The summed E-state index contributed by atoms with van der Waals surface area (Å²) in [6, 6.07) is 17.8. The Hall–Kier alpha value is -1.78. The number of carbonyl (C=O) groups excluding carboxylic acids is 1. The Labute approximate surface area is 136 Å². The Bertz CT molecular complexity index is 584. The number of nitrogens with zero attached hydrogens (tertiary/aromatic N) is 1. The standard InChI is InChI=1S/C18H21NO2S/c1-21-13-12-19(14-15-6-4-3-5-7-15)18(20)16-8-10-17(22-2)11-9-16/h3-11H,12-14H2,1-2H3. The van der Waals surface area contributed by atoms with Crippen molar-refractivity contribution < 1.29 is 9.53 Å². The lowest BCUT2D eigenvalue weighted by molar-refractivity contribution is 0.0680. The van der Waals surface area contributed by atoms with E-state index in [1.807, 2.05) is 65.8 Å². The quantitative estimate of drug-likeness (QED) is 0.730. The zero-order valence-electron chi connectivity index (χ0n) is 13.0. The van der Waals surface area contributed by atoms with Crippen molar-refractivity contribution in [2.24, 2.45) is 0 Å². The number of hydrogen-bond acceptors (Lipinski definition) is 3. The maximum absolute atomic E-state index is 12.7. The second-order valence-electron chi connectivity index (χ2n) is 4.93. The summed E-state index contributed by atoms with van der Waals surface area (Å²) in [6.07, 6.45) is 2.02. The van der Waals surface area contributed by atoms with Crippen LogP contribution in [0.25, 0.3) is 0 Å². The summed E-state index contributed by atoms with van der Waals surface area (Å²) < 4.78 is 5.14. The molecule has 0 bridgehead atoms. The zero-order valence-corrected chi connectivity index (χ0v) is 13.8. The van der Waals surface area contributed by atoms with Crippen molar-refractivity contribution in [1.29, 1.82) is 0 Å². The molecule has 3 nitrogen and oxygen atoms in total. The molecule has 22 heavy (non-hydrogen) atoms. The Morgan fingerprint density at radius 3 is 2.36 bits per heavy atom. The smallest absolute Gasteiger partial charge is 0.254 e. The topological polar surface area (TPSA) is 29.5 Å². The minimum atomic E-state index is 0.0357. The lowest BCUT2D eigenvalue weighted by Gasteiger charge is -2.22. The van der Waals surface area contributed by atoms with Gasteiger partial charge in [-0.15, -0.1) is 11.8 Å². The summed E-state index contributed by atoms with van der Waals surface area (Å²) in [4.78, 5) is 15.7. The number of benzene rings is 2. The van der Waals surface area contributed by atoms with E-state index in [-0.39, 0.29) is 5.91 Å². The van der Waals surface area contributed by atoms with Crippen LogP contribution in [0.3, 0.4) is 0 Å². The van der Waals surface area contributed by atoms with Crippen molar-refractivity contribution in [3.05, 3.63) is 65.7 Å². The predicted octanol–water partition coefficient (Wildman–Crippen LogP) is 3.70. The molecule has 0 aliphatic heterocycles. The fourth-order valence-electron chi connectivity index (χ4n) is 2.17. The monoisotopic (exact) mass is 315 g/mol. The Morgan fingerprint density at radius 1 is 1.09 bits per heavy atom. The lowest BCUT2D eigenvalue weighted by atomic mass is 10.1. The van der Waals surface area contributed by atoms with Crippen LogP contribution in [0, 0.1) is 0 Å². The van der Waals surface area contributed by atoms with Gasteiger partial charge in [0.2, 0.25) is 0 Å². The van der Waals surface area contributed by atoms with E-state index in [2.05, 4.69) is 0 Å². The van der Waals surface area contributed by atoms with Crippen molar-refractivity contribution in [3.8, 4) is 0 Å². The second kappa shape index (κ2) is 8.61. The first-order valence-electron chi connectivity index (χ1n) is 7.21. The van der Waals surface area contributed by atoms with Gasteiger partial charge >= 0.3 is 0 Å². The first-order valence-corrected chi connectivity index (χ1v) is 8.43. The minimum absolute atomic E-state index is 0.0357. The van der Waals surface area contributed by atoms with Gasteiger partial charge in [0.25, 0.3) is 5.91 Å². The molecule has 2 rings (SSSR count). The highest BCUT2D eigenvalue weighted by Gasteiger charge is 2.15. The summed E-state index contributed by atoms with van der Waals surface area (Å²) in [5, 5.41) is 0. The molecule has 0 aliphatic carbocycles. The first kappa shape index (κ1) is 16.6. The highest BCUT2D eigenvalue weighted by molar-refractivity contribution is 7.98. The van der Waals surface area contributed by atoms with Crippen LogP contribution in [0.15, 0.2) is 59.5 Å². The molecule has 0 spiro atoms. The Kier molecular flexibility index (Phi) is 6.49. The van der Waals surface area contributed by atoms with E-state index in [9.17, 15) is 4.79 Å². The number of rotatable bonds is 7. The Morgan fingerprint density at radius 2 is 1.77 bits per heavy atom. The molecule has 116 valence electrons. The van der Waals surface area contributed by atoms with Gasteiger partial charge in [0, 0.05) is 30.7 Å². The third-order valence-corrected chi connectivity index (χ3v) is 4.15. The summed E-state index contributed by atoms with van der Waals surface area (Å²) in [5.74, 6) is 0.0357. The predicted molar refractivity (Wildman–Crippen MR) is 91.3 cm³/mol. The van der Waals surface area contributed by atoms with E-state index < -0.39 is 0 Å². The lowest BCUT2D eigenvalue weighted by Crippen LogP contribution is -2.33. The van der Waals surface area contributed by atoms with Gasteiger partial charge in [0.05, 0.1) is 6.61 Å². The van der Waals surface area contributed by atoms with Crippen molar-refractivity contribution in [2.45, 2.75) is 11.4 Å². The molecular weight excluding hydrogens is 294 g/mol. The van der Waals surface area contributed by atoms with E-state index in [0.29, 0.717) is 25.3 Å². The molecular formula is C18H21NO2S. The molecule has 0 aliphatic rings. The molecule has 0 atom stereocenters. The fourth-order valence-corrected chi connectivity index (χ4v) is 2.58. The number of methoxy groups -OCH3 is 1. The van der Waals surface area contributed by atoms with Crippen LogP contribution in [0.2, 0.25) is 0 Å². The van der Waals surface area contributed by atoms with Crippen LogP contribution in [-0.4, -0.2) is 37.3 Å². The van der Waals surface area contributed by atoms with Crippen molar-refractivity contribution in [3.63, 3.8) is 0 Å². The molecule has 1 amide bonds. The van der Waals surface area contributed by atoms with Gasteiger partial charge in [-0.1, -0.05) is 30.3 Å². The molecule has 0 saturated heterocycles.